The number of rotatable bonds is 4. The van der Waals surface area contributed by atoms with E-state index in [1.807, 2.05) is 24.3 Å². The fourth-order valence-corrected chi connectivity index (χ4v) is 2.49. The molecule has 20 heavy (non-hydrogen) atoms. The van der Waals surface area contributed by atoms with Crippen molar-refractivity contribution < 1.29 is 4.42 Å². The molecule has 8 heteroatoms. The van der Waals surface area contributed by atoms with E-state index in [1.54, 1.807) is 0 Å². The molecule has 0 atom stereocenters. The van der Waals surface area contributed by atoms with Crippen molar-refractivity contribution in [1.82, 2.24) is 20.2 Å². The lowest BCUT2D eigenvalue weighted by Crippen LogP contribution is -1.82. The van der Waals surface area contributed by atoms with E-state index in [-0.39, 0.29) is 5.35 Å². The lowest BCUT2D eigenvalue weighted by atomic mass is 10.2. The van der Waals surface area contributed by atoms with Crippen LogP contribution in [0.3, 0.4) is 0 Å². The summed E-state index contributed by atoms with van der Waals surface area (Å²) < 4.78 is 4.92. The Morgan fingerprint density at radius 2 is 1.95 bits per heavy atom. The number of oxazole rings is 1. The van der Waals surface area contributed by atoms with E-state index in [2.05, 4.69) is 20.2 Å². The van der Waals surface area contributed by atoms with Crippen LogP contribution in [0.4, 0.5) is 0 Å². The number of halogens is 2. The van der Waals surface area contributed by atoms with E-state index in [1.165, 1.54) is 18.0 Å². The first-order valence-electron chi connectivity index (χ1n) is 5.62. The quantitative estimate of drug-likeness (QED) is 0.732. The van der Waals surface area contributed by atoms with Gasteiger partial charge >= 0.3 is 0 Å². The summed E-state index contributed by atoms with van der Waals surface area (Å²) in [7, 11) is 0. The van der Waals surface area contributed by atoms with Gasteiger partial charge in [0.05, 0.1) is 5.69 Å². The summed E-state index contributed by atoms with van der Waals surface area (Å²) in [5.41, 5.74) is 1.68. The average molecular weight is 327 g/mol. The van der Waals surface area contributed by atoms with E-state index >= 15 is 0 Å². The molecule has 5 nitrogen and oxygen atoms in total. The molecule has 2 heterocycles. The highest BCUT2D eigenvalue weighted by molar-refractivity contribution is 7.98. The average Bonchev–Trinajstić information content (AvgIpc) is 3.06. The van der Waals surface area contributed by atoms with E-state index in [0.29, 0.717) is 21.8 Å². The van der Waals surface area contributed by atoms with E-state index in [0.717, 1.165) is 11.3 Å². The van der Waals surface area contributed by atoms with Crippen LogP contribution in [0.2, 0.25) is 10.4 Å². The summed E-state index contributed by atoms with van der Waals surface area (Å²) >= 11 is 12.9. The van der Waals surface area contributed by atoms with Crippen molar-refractivity contribution in [2.75, 3.05) is 0 Å². The summed E-state index contributed by atoms with van der Waals surface area (Å²) in [4.78, 5) is 8.39. The number of thioether (sulfide) groups is 1. The second-order valence-corrected chi connectivity index (χ2v) is 5.56. The van der Waals surface area contributed by atoms with Crippen LogP contribution in [0.15, 0.2) is 40.1 Å². The third kappa shape index (κ3) is 3.15. The third-order valence-electron chi connectivity index (χ3n) is 2.46. The van der Waals surface area contributed by atoms with Crippen LogP contribution in [0.5, 0.6) is 0 Å². The third-order valence-corrected chi connectivity index (χ3v) is 3.76. The van der Waals surface area contributed by atoms with Crippen LogP contribution in [0.25, 0.3) is 11.4 Å². The zero-order valence-corrected chi connectivity index (χ0v) is 12.3. The predicted molar refractivity (Wildman–Crippen MR) is 77.9 cm³/mol. The first-order valence-corrected chi connectivity index (χ1v) is 7.36. The number of aromatic nitrogens is 4. The van der Waals surface area contributed by atoms with Crippen molar-refractivity contribution in [1.29, 1.82) is 0 Å². The van der Waals surface area contributed by atoms with Crippen molar-refractivity contribution in [3.8, 4) is 11.4 Å². The van der Waals surface area contributed by atoms with Crippen LogP contribution < -0.4 is 0 Å². The van der Waals surface area contributed by atoms with E-state index < -0.39 is 0 Å². The molecular weight excluding hydrogens is 319 g/mol. The number of aromatic amines is 1. The number of hydrogen-bond donors (Lipinski definition) is 1. The van der Waals surface area contributed by atoms with Crippen molar-refractivity contribution in [3.05, 3.63) is 46.6 Å². The Kier molecular flexibility index (Phi) is 3.95. The Balaban J connectivity index is 1.69. The molecule has 0 aliphatic rings. The number of nitrogens with one attached hydrogen (secondary N) is 1. The molecule has 0 fully saturated rings. The van der Waals surface area contributed by atoms with Gasteiger partial charge in [-0.2, -0.15) is 0 Å². The highest BCUT2D eigenvalue weighted by Gasteiger charge is 2.08. The normalized spacial score (nSPS) is 10.9. The predicted octanol–water partition coefficient (Wildman–Crippen LogP) is 4.06. The molecular formula is C12H8Cl2N4OS. The minimum Gasteiger partial charge on any atom is -0.436 e. The van der Waals surface area contributed by atoms with Crippen molar-refractivity contribution in [2.45, 2.75) is 10.9 Å². The second kappa shape index (κ2) is 5.87. The van der Waals surface area contributed by atoms with Gasteiger partial charge in [0.1, 0.15) is 6.26 Å². The van der Waals surface area contributed by atoms with Gasteiger partial charge in [-0.15, -0.1) is 5.10 Å². The Morgan fingerprint density at radius 1 is 1.15 bits per heavy atom. The maximum absolute atomic E-state index is 5.85. The number of H-pyrrole nitrogens is 1. The number of benzene rings is 1. The van der Waals surface area contributed by atoms with E-state index in [4.69, 9.17) is 27.6 Å². The molecule has 3 aromatic rings. The molecule has 2 aromatic heterocycles. The van der Waals surface area contributed by atoms with Crippen LogP contribution in [-0.4, -0.2) is 20.2 Å². The van der Waals surface area contributed by atoms with Gasteiger partial charge in [0.25, 0.3) is 5.35 Å². The molecule has 0 aliphatic carbocycles. The summed E-state index contributed by atoms with van der Waals surface area (Å²) in [6.07, 6.45) is 1.52. The molecule has 0 bridgehead atoms. The molecule has 0 saturated heterocycles. The highest BCUT2D eigenvalue weighted by Crippen LogP contribution is 2.23. The van der Waals surface area contributed by atoms with Gasteiger partial charge in [-0.25, -0.2) is 9.97 Å². The van der Waals surface area contributed by atoms with Gasteiger partial charge in [-0.1, -0.05) is 23.4 Å². The molecule has 0 aliphatic heterocycles. The minimum absolute atomic E-state index is 0.137. The molecule has 0 amide bonds. The van der Waals surface area contributed by atoms with E-state index in [9.17, 15) is 0 Å². The van der Waals surface area contributed by atoms with Gasteiger partial charge in [0, 0.05) is 16.3 Å². The first kappa shape index (κ1) is 13.5. The fraction of sp³-hybridized carbons (Fsp3) is 0.0833. The van der Waals surface area contributed by atoms with Crippen molar-refractivity contribution in [2.24, 2.45) is 0 Å². The summed E-state index contributed by atoms with van der Waals surface area (Å²) in [5.74, 6) is 1.29. The van der Waals surface area contributed by atoms with Gasteiger partial charge in [0.2, 0.25) is 5.16 Å². The maximum atomic E-state index is 5.85. The second-order valence-electron chi connectivity index (χ2n) is 3.85. The molecule has 0 saturated carbocycles. The molecule has 0 unspecified atom stereocenters. The SMILES string of the molecule is Clc1ccc(-c2nc(SCc3coc(Cl)n3)n[nH]2)cc1. The lowest BCUT2D eigenvalue weighted by molar-refractivity contribution is 0.559. The van der Waals surface area contributed by atoms with Gasteiger partial charge in [-0.3, -0.25) is 5.10 Å². The van der Waals surface area contributed by atoms with Gasteiger partial charge in [0.15, 0.2) is 5.82 Å². The van der Waals surface area contributed by atoms with Crippen LogP contribution in [0, 0.1) is 0 Å². The van der Waals surface area contributed by atoms with Crippen LogP contribution in [0.1, 0.15) is 5.69 Å². The van der Waals surface area contributed by atoms with Crippen LogP contribution in [-0.2, 0) is 5.75 Å². The maximum Gasteiger partial charge on any atom is 0.292 e. The summed E-state index contributed by atoms with van der Waals surface area (Å²) in [6, 6.07) is 7.39. The Bertz CT molecular complexity index is 710. The Hall–Kier alpha value is -1.50. The molecule has 1 aromatic carbocycles. The van der Waals surface area contributed by atoms with Crippen LogP contribution >= 0.6 is 35.0 Å². The minimum atomic E-state index is 0.137. The van der Waals surface area contributed by atoms with Crippen molar-refractivity contribution >= 4 is 35.0 Å². The standard InChI is InChI=1S/C12H8Cl2N4OS/c13-8-3-1-7(2-4-8)10-16-12(18-17-10)20-6-9-5-19-11(14)15-9/h1-5H,6H2,(H,16,17,18). The zero-order valence-electron chi connectivity index (χ0n) is 10.0. The molecule has 3 rings (SSSR count). The van der Waals surface area contributed by atoms with Crippen molar-refractivity contribution in [3.63, 3.8) is 0 Å². The topological polar surface area (TPSA) is 67.6 Å². The smallest absolute Gasteiger partial charge is 0.292 e. The monoisotopic (exact) mass is 326 g/mol. The largest absolute Gasteiger partial charge is 0.436 e. The molecule has 102 valence electrons. The number of hydrogen-bond acceptors (Lipinski definition) is 5. The number of nitrogens with zero attached hydrogens (tertiary/aromatic N) is 3. The van der Waals surface area contributed by atoms with Gasteiger partial charge in [-0.05, 0) is 35.9 Å². The highest BCUT2D eigenvalue weighted by atomic mass is 35.5. The molecule has 1 N–H and O–H groups in total. The van der Waals surface area contributed by atoms with Gasteiger partial charge < -0.3 is 4.42 Å². The molecule has 0 spiro atoms. The zero-order chi connectivity index (χ0) is 13.9. The summed E-state index contributed by atoms with van der Waals surface area (Å²) in [5, 5.41) is 8.48. The summed E-state index contributed by atoms with van der Waals surface area (Å²) in [6.45, 7) is 0. The first-order chi connectivity index (χ1) is 9.70. The Labute approximate surface area is 128 Å². The molecule has 0 radical (unpaired) electrons. The fourth-order valence-electron chi connectivity index (χ4n) is 1.53. The Morgan fingerprint density at radius 3 is 2.65 bits per heavy atom. The lowest BCUT2D eigenvalue weighted by Gasteiger charge is -1.95.